The number of benzene rings is 2. The zero-order valence-electron chi connectivity index (χ0n) is 14.8. The molecule has 0 heterocycles. The van der Waals surface area contributed by atoms with Gasteiger partial charge in [0.25, 0.3) is 5.91 Å². The van der Waals surface area contributed by atoms with Gasteiger partial charge in [-0.05, 0) is 30.3 Å². The number of hydrogen-bond donors (Lipinski definition) is 2. The topological polar surface area (TPSA) is 93.7 Å². The van der Waals surface area contributed by atoms with Crippen LogP contribution in [0.1, 0.15) is 10.4 Å². The van der Waals surface area contributed by atoms with Gasteiger partial charge in [-0.2, -0.15) is 13.2 Å². The quantitative estimate of drug-likeness (QED) is 0.721. The van der Waals surface area contributed by atoms with E-state index in [1.807, 2.05) is 0 Å². The fraction of sp³-hybridized carbons (Fsp3) is 0.235. The molecule has 0 aliphatic heterocycles. The third-order valence-corrected chi connectivity index (χ3v) is 4.92. The molecular weight excluding hydrogens is 401 g/mol. The molecule has 0 aliphatic rings. The maximum Gasteiger partial charge on any atom is 0.402 e. The standard InChI is InChI=1S/C17H17F3N2O5S/c1-26-12-6-7-14(15(9-12)27-2)22-16(23)11-4-3-5-13(8-11)28(24,25)21-10-17(18,19)20/h3-9,21H,10H2,1-2H3,(H,22,23). The highest BCUT2D eigenvalue weighted by Gasteiger charge is 2.30. The van der Waals surface area contributed by atoms with Gasteiger partial charge >= 0.3 is 6.18 Å². The minimum Gasteiger partial charge on any atom is -0.497 e. The highest BCUT2D eigenvalue weighted by atomic mass is 32.2. The summed E-state index contributed by atoms with van der Waals surface area (Å²) < 4.78 is 72.5. The molecule has 2 aromatic carbocycles. The molecule has 0 unspecified atom stereocenters. The zero-order chi connectivity index (χ0) is 20.9. The van der Waals surface area contributed by atoms with Gasteiger partial charge in [0.05, 0.1) is 24.8 Å². The van der Waals surface area contributed by atoms with Crippen LogP contribution in [0.2, 0.25) is 0 Å². The van der Waals surface area contributed by atoms with Crippen LogP contribution in [0.5, 0.6) is 11.5 Å². The van der Waals surface area contributed by atoms with Crippen LogP contribution >= 0.6 is 0 Å². The van der Waals surface area contributed by atoms with Crippen molar-refractivity contribution in [2.45, 2.75) is 11.1 Å². The molecule has 1 amide bonds. The van der Waals surface area contributed by atoms with Gasteiger partial charge in [-0.15, -0.1) is 0 Å². The van der Waals surface area contributed by atoms with Crippen molar-refractivity contribution in [3.05, 3.63) is 48.0 Å². The van der Waals surface area contributed by atoms with E-state index in [4.69, 9.17) is 9.47 Å². The van der Waals surface area contributed by atoms with Crippen LogP contribution in [0, 0.1) is 0 Å². The number of hydrogen-bond acceptors (Lipinski definition) is 5. The Morgan fingerprint density at radius 3 is 2.39 bits per heavy atom. The van der Waals surface area contributed by atoms with Crippen molar-refractivity contribution >= 4 is 21.6 Å². The van der Waals surface area contributed by atoms with E-state index in [0.717, 1.165) is 12.1 Å². The number of nitrogens with one attached hydrogen (secondary N) is 2. The lowest BCUT2D eigenvalue weighted by Crippen LogP contribution is -2.33. The maximum absolute atomic E-state index is 12.4. The second-order valence-corrected chi connectivity index (χ2v) is 7.25. The van der Waals surface area contributed by atoms with Gasteiger partial charge in [-0.3, -0.25) is 4.79 Å². The number of carbonyl (C=O) groups excluding carboxylic acids is 1. The molecule has 11 heteroatoms. The van der Waals surface area contributed by atoms with E-state index in [9.17, 15) is 26.4 Å². The summed E-state index contributed by atoms with van der Waals surface area (Å²) in [4.78, 5) is 12.0. The molecule has 2 N–H and O–H groups in total. The molecule has 0 spiro atoms. The number of alkyl halides is 3. The number of amides is 1. The second-order valence-electron chi connectivity index (χ2n) is 5.49. The maximum atomic E-state index is 12.4. The van der Waals surface area contributed by atoms with Crippen LogP contribution in [0.25, 0.3) is 0 Å². The van der Waals surface area contributed by atoms with E-state index in [2.05, 4.69) is 5.32 Å². The molecule has 0 radical (unpaired) electrons. The number of anilines is 1. The van der Waals surface area contributed by atoms with Crippen molar-refractivity contribution in [1.82, 2.24) is 4.72 Å². The largest absolute Gasteiger partial charge is 0.497 e. The van der Waals surface area contributed by atoms with Crippen LogP contribution < -0.4 is 19.5 Å². The van der Waals surface area contributed by atoms with Gasteiger partial charge in [0.2, 0.25) is 10.0 Å². The van der Waals surface area contributed by atoms with Crippen LogP contribution in [0.15, 0.2) is 47.4 Å². The van der Waals surface area contributed by atoms with Crippen molar-refractivity contribution in [1.29, 1.82) is 0 Å². The Morgan fingerprint density at radius 2 is 1.79 bits per heavy atom. The minimum atomic E-state index is -4.70. The molecular formula is C17H17F3N2O5S. The number of ether oxygens (including phenoxy) is 2. The Morgan fingerprint density at radius 1 is 1.07 bits per heavy atom. The van der Waals surface area contributed by atoms with Gasteiger partial charge < -0.3 is 14.8 Å². The summed E-state index contributed by atoms with van der Waals surface area (Å²) in [5.41, 5.74) is 0.240. The Bertz CT molecular complexity index is 962. The second kappa shape index (κ2) is 8.48. The van der Waals surface area contributed by atoms with Crippen LogP contribution in [0.3, 0.4) is 0 Å². The van der Waals surface area contributed by atoms with Crippen molar-refractivity contribution in [3.63, 3.8) is 0 Å². The Balaban J connectivity index is 2.23. The average molecular weight is 418 g/mol. The third kappa shape index (κ3) is 5.60. The molecule has 0 atom stereocenters. The molecule has 152 valence electrons. The average Bonchev–Trinajstić information content (AvgIpc) is 2.66. The lowest BCUT2D eigenvalue weighted by molar-refractivity contribution is -0.121. The molecule has 0 saturated heterocycles. The van der Waals surface area contributed by atoms with E-state index in [-0.39, 0.29) is 5.56 Å². The summed E-state index contributed by atoms with van der Waals surface area (Å²) >= 11 is 0. The van der Waals surface area contributed by atoms with Crippen LogP contribution in [0.4, 0.5) is 18.9 Å². The zero-order valence-corrected chi connectivity index (χ0v) is 15.6. The number of sulfonamides is 1. The predicted molar refractivity (Wildman–Crippen MR) is 95.2 cm³/mol. The summed E-state index contributed by atoms with van der Waals surface area (Å²) in [6.07, 6.45) is -4.70. The number of halogens is 3. The van der Waals surface area contributed by atoms with E-state index in [0.29, 0.717) is 17.2 Å². The van der Waals surface area contributed by atoms with Crippen LogP contribution in [-0.4, -0.2) is 41.3 Å². The van der Waals surface area contributed by atoms with Gasteiger partial charge in [-0.25, -0.2) is 13.1 Å². The van der Waals surface area contributed by atoms with Gasteiger partial charge in [0.15, 0.2) is 0 Å². The molecule has 0 fully saturated rings. The summed E-state index contributed by atoms with van der Waals surface area (Å²) in [6, 6.07) is 9.29. The summed E-state index contributed by atoms with van der Waals surface area (Å²) in [5.74, 6) is 0.137. The first kappa shape index (κ1) is 21.5. The van der Waals surface area contributed by atoms with Gasteiger partial charge in [-0.1, -0.05) is 6.07 Å². The van der Waals surface area contributed by atoms with E-state index in [1.54, 1.807) is 6.07 Å². The first-order chi connectivity index (χ1) is 13.1. The Kier molecular flexibility index (Phi) is 6.52. The van der Waals surface area contributed by atoms with Crippen molar-refractivity contribution in [3.8, 4) is 11.5 Å². The Hall–Kier alpha value is -2.79. The van der Waals surface area contributed by atoms with Crippen molar-refractivity contribution < 1.29 is 35.9 Å². The van der Waals surface area contributed by atoms with Crippen molar-refractivity contribution in [2.75, 3.05) is 26.1 Å². The fourth-order valence-electron chi connectivity index (χ4n) is 2.16. The molecule has 0 aliphatic carbocycles. The lowest BCUT2D eigenvalue weighted by Gasteiger charge is -2.13. The Labute approximate surface area is 159 Å². The molecule has 2 aromatic rings. The molecule has 7 nitrogen and oxygen atoms in total. The smallest absolute Gasteiger partial charge is 0.402 e. The lowest BCUT2D eigenvalue weighted by atomic mass is 10.2. The molecule has 28 heavy (non-hydrogen) atoms. The first-order valence-corrected chi connectivity index (χ1v) is 9.24. The number of rotatable bonds is 7. The minimum absolute atomic E-state index is 0.0623. The predicted octanol–water partition coefficient (Wildman–Crippen LogP) is 2.80. The third-order valence-electron chi connectivity index (χ3n) is 3.53. The SMILES string of the molecule is COc1ccc(NC(=O)c2cccc(S(=O)(=O)NCC(F)(F)F)c2)c(OC)c1. The van der Waals surface area contributed by atoms with Gasteiger partial charge in [0.1, 0.15) is 18.0 Å². The summed E-state index contributed by atoms with van der Waals surface area (Å²) in [5, 5.41) is 2.55. The van der Waals surface area contributed by atoms with E-state index >= 15 is 0 Å². The molecule has 0 saturated carbocycles. The summed E-state index contributed by atoms with van der Waals surface area (Å²) in [6.45, 7) is -1.71. The van der Waals surface area contributed by atoms with Crippen molar-refractivity contribution in [2.24, 2.45) is 0 Å². The van der Waals surface area contributed by atoms with Crippen LogP contribution in [-0.2, 0) is 10.0 Å². The molecule has 0 aromatic heterocycles. The normalized spacial score (nSPS) is 11.8. The molecule has 0 bridgehead atoms. The molecule has 2 rings (SSSR count). The summed E-state index contributed by atoms with van der Waals surface area (Å²) in [7, 11) is -1.58. The highest BCUT2D eigenvalue weighted by molar-refractivity contribution is 7.89. The van der Waals surface area contributed by atoms with E-state index < -0.39 is 33.5 Å². The fourth-order valence-corrected chi connectivity index (χ4v) is 3.22. The number of methoxy groups -OCH3 is 2. The van der Waals surface area contributed by atoms with E-state index in [1.165, 1.54) is 43.2 Å². The monoisotopic (exact) mass is 418 g/mol. The van der Waals surface area contributed by atoms with Gasteiger partial charge in [0, 0.05) is 11.6 Å². The highest BCUT2D eigenvalue weighted by Crippen LogP contribution is 2.29. The first-order valence-electron chi connectivity index (χ1n) is 7.75. The number of carbonyl (C=O) groups is 1.